The number of para-hydroxylation sites is 1. The van der Waals surface area contributed by atoms with E-state index in [-0.39, 0.29) is 0 Å². The summed E-state index contributed by atoms with van der Waals surface area (Å²) < 4.78 is 33.6. The van der Waals surface area contributed by atoms with Gasteiger partial charge in [0.2, 0.25) is 0 Å². The molecule has 0 N–H and O–H groups in total. The maximum absolute atomic E-state index is 13.6. The summed E-state index contributed by atoms with van der Waals surface area (Å²) in [6.07, 6.45) is -0.643. The summed E-state index contributed by atoms with van der Waals surface area (Å²) in [5.74, 6) is -0.934. The summed E-state index contributed by atoms with van der Waals surface area (Å²) >= 11 is 1.34. The fourth-order valence-electron chi connectivity index (χ4n) is 2.46. The lowest BCUT2D eigenvalue weighted by molar-refractivity contribution is 0.0258. The van der Waals surface area contributed by atoms with Crippen molar-refractivity contribution in [3.8, 4) is 5.69 Å². The molecule has 26 heavy (non-hydrogen) atoms. The number of hydrogen-bond donors (Lipinski definition) is 0. The van der Waals surface area contributed by atoms with Crippen molar-refractivity contribution in [1.29, 1.82) is 0 Å². The molecule has 2 aromatic heterocycles. The zero-order valence-electron chi connectivity index (χ0n) is 13.9. The Balaban J connectivity index is 1.91. The second-order valence-corrected chi connectivity index (χ2v) is 6.35. The quantitative estimate of drug-likeness (QED) is 0.571. The molecule has 136 valence electrons. The summed E-state index contributed by atoms with van der Waals surface area (Å²) in [5, 5.41) is 9.75. The van der Waals surface area contributed by atoms with Crippen LogP contribution < -0.4 is 0 Å². The molecule has 0 radical (unpaired) electrons. The lowest BCUT2D eigenvalue weighted by atomic mass is 10.2. The highest BCUT2D eigenvalue weighted by molar-refractivity contribution is 7.09. The topological polar surface area (TPSA) is 69.9 Å². The SMILES string of the molecule is CCCC(OC(=O)c1nnn(-c2ccccc2)c1C(F)F)c1nccs1. The average Bonchev–Trinajstić information content (AvgIpc) is 3.32. The van der Waals surface area contributed by atoms with E-state index in [1.54, 1.807) is 41.9 Å². The predicted octanol–water partition coefficient (Wildman–Crippen LogP) is 4.36. The van der Waals surface area contributed by atoms with Crippen molar-refractivity contribution in [2.24, 2.45) is 0 Å². The van der Waals surface area contributed by atoms with Crippen molar-refractivity contribution in [3.63, 3.8) is 0 Å². The third kappa shape index (κ3) is 3.77. The molecule has 0 saturated heterocycles. The van der Waals surface area contributed by atoms with Crippen LogP contribution in [-0.2, 0) is 4.74 Å². The fourth-order valence-corrected chi connectivity index (χ4v) is 3.16. The number of alkyl halides is 2. The number of rotatable bonds is 7. The molecule has 0 aliphatic carbocycles. The van der Waals surface area contributed by atoms with Gasteiger partial charge in [-0.15, -0.1) is 16.4 Å². The van der Waals surface area contributed by atoms with Gasteiger partial charge in [-0.25, -0.2) is 23.2 Å². The minimum atomic E-state index is -2.93. The van der Waals surface area contributed by atoms with Gasteiger partial charge in [-0.05, 0) is 18.6 Å². The second kappa shape index (κ2) is 8.13. The highest BCUT2D eigenvalue weighted by Gasteiger charge is 2.30. The summed E-state index contributed by atoms with van der Waals surface area (Å²) in [4.78, 5) is 16.6. The van der Waals surface area contributed by atoms with E-state index in [9.17, 15) is 13.6 Å². The number of ether oxygens (including phenoxy) is 1. The summed E-state index contributed by atoms with van der Waals surface area (Å²) in [5.41, 5.74) is -0.684. The Morgan fingerprint density at radius 3 is 2.69 bits per heavy atom. The first kappa shape index (κ1) is 18.1. The zero-order chi connectivity index (χ0) is 18.5. The first-order valence-electron chi connectivity index (χ1n) is 8.01. The molecule has 2 heterocycles. The molecular weight excluding hydrogens is 362 g/mol. The number of benzene rings is 1. The molecular formula is C17H16F2N4O2S. The average molecular weight is 378 g/mol. The van der Waals surface area contributed by atoms with Gasteiger partial charge in [0.05, 0.1) is 5.69 Å². The number of hydrogen-bond acceptors (Lipinski definition) is 6. The van der Waals surface area contributed by atoms with Gasteiger partial charge in [-0.1, -0.05) is 36.8 Å². The van der Waals surface area contributed by atoms with Gasteiger partial charge in [0.25, 0.3) is 6.43 Å². The third-order valence-corrected chi connectivity index (χ3v) is 4.50. The monoisotopic (exact) mass is 378 g/mol. The Morgan fingerprint density at radius 2 is 2.08 bits per heavy atom. The molecule has 0 bridgehead atoms. The van der Waals surface area contributed by atoms with Crippen molar-refractivity contribution in [1.82, 2.24) is 20.0 Å². The maximum atomic E-state index is 13.6. The van der Waals surface area contributed by atoms with Gasteiger partial charge in [0.1, 0.15) is 10.7 Å². The van der Waals surface area contributed by atoms with Crippen molar-refractivity contribution < 1.29 is 18.3 Å². The van der Waals surface area contributed by atoms with Crippen LogP contribution in [0.2, 0.25) is 0 Å². The van der Waals surface area contributed by atoms with Crippen molar-refractivity contribution >= 4 is 17.3 Å². The predicted molar refractivity (Wildman–Crippen MR) is 91.5 cm³/mol. The van der Waals surface area contributed by atoms with E-state index in [1.807, 2.05) is 6.92 Å². The first-order valence-corrected chi connectivity index (χ1v) is 8.89. The molecule has 0 spiro atoms. The lowest BCUT2D eigenvalue weighted by Gasteiger charge is -2.14. The van der Waals surface area contributed by atoms with Crippen molar-refractivity contribution in [2.45, 2.75) is 32.3 Å². The van der Waals surface area contributed by atoms with Crippen LogP contribution in [0.1, 0.15) is 53.5 Å². The van der Waals surface area contributed by atoms with Crippen LogP contribution in [0.5, 0.6) is 0 Å². The smallest absolute Gasteiger partial charge is 0.361 e. The van der Waals surface area contributed by atoms with Gasteiger partial charge in [0.15, 0.2) is 11.8 Å². The summed E-state index contributed by atoms with van der Waals surface area (Å²) in [7, 11) is 0. The van der Waals surface area contributed by atoms with E-state index in [2.05, 4.69) is 15.3 Å². The number of carbonyl (C=O) groups is 1. The Labute approximate surface area is 152 Å². The molecule has 1 atom stereocenters. The molecule has 0 fully saturated rings. The largest absolute Gasteiger partial charge is 0.450 e. The molecule has 0 aliphatic heterocycles. The van der Waals surface area contributed by atoms with Crippen LogP contribution >= 0.6 is 11.3 Å². The Hall–Kier alpha value is -2.68. The molecule has 1 unspecified atom stereocenters. The Kier molecular flexibility index (Phi) is 5.67. The van der Waals surface area contributed by atoms with Gasteiger partial charge < -0.3 is 4.74 Å². The van der Waals surface area contributed by atoms with E-state index < -0.39 is 29.9 Å². The van der Waals surface area contributed by atoms with Crippen LogP contribution in [0.25, 0.3) is 5.69 Å². The van der Waals surface area contributed by atoms with Gasteiger partial charge in [-0.2, -0.15) is 0 Å². The minimum Gasteiger partial charge on any atom is -0.450 e. The first-order chi connectivity index (χ1) is 12.6. The standard InChI is InChI=1S/C17H16F2N4O2S/c1-2-6-12(16-20-9-10-26-16)25-17(24)13-14(15(18)19)23(22-21-13)11-7-4-3-5-8-11/h3-5,7-10,12,15H,2,6H2,1H3. The fraction of sp³-hybridized carbons (Fsp3) is 0.294. The van der Waals surface area contributed by atoms with Crippen LogP contribution in [0.3, 0.4) is 0 Å². The Bertz CT molecular complexity index is 853. The molecule has 0 amide bonds. The second-order valence-electron chi connectivity index (χ2n) is 5.42. The molecule has 0 saturated carbocycles. The number of nitrogens with zero attached hydrogens (tertiary/aromatic N) is 4. The highest BCUT2D eigenvalue weighted by Crippen LogP contribution is 2.29. The van der Waals surface area contributed by atoms with Crippen LogP contribution in [0, 0.1) is 0 Å². The molecule has 3 aromatic rings. The number of thiazole rings is 1. The van der Waals surface area contributed by atoms with Crippen molar-refractivity contribution in [3.05, 3.63) is 58.3 Å². The normalized spacial score (nSPS) is 12.3. The van der Waals surface area contributed by atoms with Crippen LogP contribution in [0.4, 0.5) is 8.78 Å². The van der Waals surface area contributed by atoms with Crippen LogP contribution in [0.15, 0.2) is 41.9 Å². The molecule has 6 nitrogen and oxygen atoms in total. The molecule has 0 aliphatic rings. The lowest BCUT2D eigenvalue weighted by Crippen LogP contribution is -2.15. The molecule has 1 aromatic carbocycles. The number of halogens is 2. The van der Waals surface area contributed by atoms with E-state index in [0.717, 1.165) is 11.1 Å². The molecule has 9 heteroatoms. The maximum Gasteiger partial charge on any atom is 0.361 e. The van der Waals surface area contributed by atoms with E-state index in [4.69, 9.17) is 4.74 Å². The van der Waals surface area contributed by atoms with Gasteiger partial charge in [0, 0.05) is 11.6 Å². The summed E-state index contributed by atoms with van der Waals surface area (Å²) in [6, 6.07) is 8.32. The number of esters is 1. The highest BCUT2D eigenvalue weighted by atomic mass is 32.1. The van der Waals surface area contributed by atoms with Crippen LogP contribution in [-0.4, -0.2) is 25.9 Å². The summed E-state index contributed by atoms with van der Waals surface area (Å²) in [6.45, 7) is 1.94. The Morgan fingerprint density at radius 1 is 1.31 bits per heavy atom. The minimum absolute atomic E-state index is 0.388. The van der Waals surface area contributed by atoms with E-state index in [0.29, 0.717) is 17.1 Å². The third-order valence-electron chi connectivity index (χ3n) is 3.63. The molecule has 3 rings (SSSR count). The van der Waals surface area contributed by atoms with E-state index in [1.165, 1.54) is 11.3 Å². The number of carbonyl (C=O) groups excluding carboxylic acids is 1. The zero-order valence-corrected chi connectivity index (χ0v) is 14.7. The van der Waals surface area contributed by atoms with Gasteiger partial charge >= 0.3 is 5.97 Å². The van der Waals surface area contributed by atoms with E-state index >= 15 is 0 Å². The number of aromatic nitrogens is 4. The van der Waals surface area contributed by atoms with Gasteiger partial charge in [-0.3, -0.25) is 0 Å². The van der Waals surface area contributed by atoms with Crippen molar-refractivity contribution in [2.75, 3.05) is 0 Å².